The minimum Gasteiger partial charge on any atom is -0.316 e. The summed E-state index contributed by atoms with van der Waals surface area (Å²) in [5.41, 5.74) is 1.09. The van der Waals surface area contributed by atoms with Crippen molar-refractivity contribution in [3.63, 3.8) is 0 Å². The molecule has 3 rings (SSSR count). The van der Waals surface area contributed by atoms with Crippen molar-refractivity contribution in [1.82, 2.24) is 14.3 Å². The van der Waals surface area contributed by atoms with E-state index >= 15 is 0 Å². The third-order valence-electron chi connectivity index (χ3n) is 3.95. The van der Waals surface area contributed by atoms with E-state index < -0.39 is 0 Å². The first-order valence-electron chi connectivity index (χ1n) is 7.31. The number of benzene rings is 1. The van der Waals surface area contributed by atoms with Crippen molar-refractivity contribution in [3.05, 3.63) is 40.9 Å². The number of likely N-dealkylation sites (tertiary alicyclic amines) is 1. The lowest BCUT2D eigenvalue weighted by molar-refractivity contribution is -0.928. The van der Waals surface area contributed by atoms with E-state index in [-0.39, 0.29) is 0 Å². The summed E-state index contributed by atoms with van der Waals surface area (Å²) < 4.78 is 4.84. The van der Waals surface area contributed by atoms with Crippen LogP contribution >= 0.6 is 12.2 Å². The molecule has 0 atom stereocenters. The van der Waals surface area contributed by atoms with Gasteiger partial charge in [-0.1, -0.05) is 18.2 Å². The lowest BCUT2D eigenvalue weighted by Gasteiger charge is -2.22. The summed E-state index contributed by atoms with van der Waals surface area (Å²) in [4.78, 5) is 1.59. The Morgan fingerprint density at radius 2 is 1.85 bits per heavy atom. The summed E-state index contributed by atoms with van der Waals surface area (Å²) >= 11 is 5.61. The summed E-state index contributed by atoms with van der Waals surface area (Å²) in [6, 6.07) is 10.2. The van der Waals surface area contributed by atoms with Gasteiger partial charge in [0.1, 0.15) is 5.82 Å². The van der Waals surface area contributed by atoms with Crippen LogP contribution in [0, 0.1) is 11.7 Å². The van der Waals surface area contributed by atoms with Crippen LogP contribution in [0.5, 0.6) is 0 Å². The fourth-order valence-corrected chi connectivity index (χ4v) is 3.26. The van der Waals surface area contributed by atoms with Gasteiger partial charge in [-0.15, -0.1) is 0 Å². The van der Waals surface area contributed by atoms with Gasteiger partial charge in [0.05, 0.1) is 13.1 Å². The van der Waals surface area contributed by atoms with Crippen LogP contribution in [0.4, 0.5) is 0 Å². The maximum atomic E-state index is 5.61. The van der Waals surface area contributed by atoms with Gasteiger partial charge in [-0.05, 0) is 50.5 Å². The fraction of sp³-hybridized carbons (Fsp3) is 0.467. The molecule has 1 fully saturated rings. The zero-order valence-electron chi connectivity index (χ0n) is 11.9. The highest BCUT2D eigenvalue weighted by molar-refractivity contribution is 7.71. The predicted octanol–water partition coefficient (Wildman–Crippen LogP) is 1.74. The van der Waals surface area contributed by atoms with E-state index in [1.54, 1.807) is 4.90 Å². The van der Waals surface area contributed by atoms with Gasteiger partial charge in [0.25, 0.3) is 0 Å². The Hall–Kier alpha value is -1.46. The highest BCUT2D eigenvalue weighted by Gasteiger charge is 2.16. The Labute approximate surface area is 124 Å². The molecule has 20 heavy (non-hydrogen) atoms. The molecule has 0 bridgehead atoms. The first kappa shape index (κ1) is 13.5. The summed E-state index contributed by atoms with van der Waals surface area (Å²) in [6.45, 7) is 5.38. The lowest BCUT2D eigenvalue weighted by Crippen LogP contribution is -3.12. The molecule has 1 N–H and O–H groups in total. The van der Waals surface area contributed by atoms with Crippen LogP contribution in [0.15, 0.2) is 30.3 Å². The molecule has 5 heteroatoms. The summed E-state index contributed by atoms with van der Waals surface area (Å²) in [7, 11) is 0. The molecule has 0 amide bonds. The van der Waals surface area contributed by atoms with Crippen molar-refractivity contribution < 1.29 is 4.90 Å². The van der Waals surface area contributed by atoms with Crippen molar-refractivity contribution in [1.29, 1.82) is 0 Å². The van der Waals surface area contributed by atoms with Gasteiger partial charge in [-0.3, -0.25) is 4.57 Å². The molecule has 0 aliphatic carbocycles. The van der Waals surface area contributed by atoms with Crippen LogP contribution in [0.3, 0.4) is 0 Å². The summed E-state index contributed by atoms with van der Waals surface area (Å²) in [5.74, 6) is 0.956. The number of hydrogen-bond donors (Lipinski definition) is 1. The van der Waals surface area contributed by atoms with Crippen molar-refractivity contribution in [2.75, 3.05) is 13.1 Å². The fourth-order valence-electron chi connectivity index (χ4n) is 2.92. The quantitative estimate of drug-likeness (QED) is 0.872. The number of rotatable bonds is 3. The standard InChI is InChI=1S/C15H20N4S/c1-13-16-18(12-17-10-6-3-7-11-17)15(20)19(13)14-8-4-2-5-9-14/h2,4-5,8-9H,3,6-7,10-12H2,1H3/p+1. The molecule has 1 aliphatic heterocycles. The van der Waals surface area contributed by atoms with E-state index in [2.05, 4.69) is 21.8 Å². The number of para-hydroxylation sites is 1. The van der Waals surface area contributed by atoms with Crippen LogP contribution in [-0.4, -0.2) is 27.4 Å². The molecule has 0 unspecified atom stereocenters. The maximum absolute atomic E-state index is 5.61. The van der Waals surface area contributed by atoms with Gasteiger partial charge in [-0.25, -0.2) is 0 Å². The second-order valence-corrected chi connectivity index (χ2v) is 5.83. The molecule has 0 radical (unpaired) electrons. The van der Waals surface area contributed by atoms with Crippen LogP contribution in [0.2, 0.25) is 0 Å². The highest BCUT2D eigenvalue weighted by atomic mass is 32.1. The molecule has 0 saturated carbocycles. The average Bonchev–Trinajstić information content (AvgIpc) is 2.75. The topological polar surface area (TPSA) is 27.2 Å². The van der Waals surface area contributed by atoms with Gasteiger partial charge in [-0.2, -0.15) is 9.78 Å². The van der Waals surface area contributed by atoms with E-state index in [4.69, 9.17) is 12.2 Å². The minimum absolute atomic E-state index is 0.798. The number of aryl methyl sites for hydroxylation is 1. The molecular formula is C15H21N4S+. The van der Waals surface area contributed by atoms with E-state index in [9.17, 15) is 0 Å². The second kappa shape index (κ2) is 5.89. The van der Waals surface area contributed by atoms with Crippen LogP contribution in [0.1, 0.15) is 25.1 Å². The molecule has 2 aromatic rings. The molecule has 1 aromatic carbocycles. The molecule has 4 nitrogen and oxygen atoms in total. The Morgan fingerprint density at radius 3 is 2.55 bits per heavy atom. The largest absolute Gasteiger partial charge is 0.316 e. The third kappa shape index (κ3) is 2.69. The second-order valence-electron chi connectivity index (χ2n) is 5.47. The first-order chi connectivity index (χ1) is 9.75. The van der Waals surface area contributed by atoms with Gasteiger partial charge in [0, 0.05) is 5.69 Å². The number of nitrogens with zero attached hydrogens (tertiary/aromatic N) is 3. The van der Waals surface area contributed by atoms with Gasteiger partial charge in [0.2, 0.25) is 4.77 Å². The first-order valence-corrected chi connectivity index (χ1v) is 7.72. The van der Waals surface area contributed by atoms with E-state index in [1.807, 2.05) is 29.8 Å². The van der Waals surface area contributed by atoms with Gasteiger partial charge < -0.3 is 4.90 Å². The monoisotopic (exact) mass is 289 g/mol. The molecule has 2 heterocycles. The molecule has 106 valence electrons. The Morgan fingerprint density at radius 1 is 1.15 bits per heavy atom. The van der Waals surface area contributed by atoms with Crippen molar-refractivity contribution >= 4 is 12.2 Å². The van der Waals surface area contributed by atoms with Crippen LogP contribution in [-0.2, 0) is 6.67 Å². The highest BCUT2D eigenvalue weighted by Crippen LogP contribution is 2.11. The lowest BCUT2D eigenvalue weighted by atomic mass is 10.1. The van der Waals surface area contributed by atoms with E-state index in [0.717, 1.165) is 23.0 Å². The molecule has 1 aliphatic rings. The molecular weight excluding hydrogens is 268 g/mol. The van der Waals surface area contributed by atoms with E-state index in [1.165, 1.54) is 32.4 Å². The SMILES string of the molecule is Cc1nn(C[NH+]2CCCCC2)c(=S)n1-c1ccccc1. The maximum Gasteiger partial charge on any atom is 0.207 e. The number of piperidine rings is 1. The van der Waals surface area contributed by atoms with Crippen LogP contribution in [0.25, 0.3) is 5.69 Å². The third-order valence-corrected chi connectivity index (χ3v) is 4.34. The van der Waals surface area contributed by atoms with Crippen molar-refractivity contribution in [3.8, 4) is 5.69 Å². The van der Waals surface area contributed by atoms with Crippen molar-refractivity contribution in [2.45, 2.75) is 32.9 Å². The normalized spacial score (nSPS) is 16.4. The number of hydrogen-bond acceptors (Lipinski definition) is 2. The smallest absolute Gasteiger partial charge is 0.207 e. The summed E-state index contributed by atoms with van der Waals surface area (Å²) in [5, 5.41) is 4.64. The zero-order valence-corrected chi connectivity index (χ0v) is 12.7. The number of nitrogens with one attached hydrogen (secondary N) is 1. The molecule has 0 spiro atoms. The number of quaternary nitrogens is 1. The van der Waals surface area contributed by atoms with Crippen molar-refractivity contribution in [2.24, 2.45) is 0 Å². The Kier molecular flexibility index (Phi) is 3.98. The van der Waals surface area contributed by atoms with Crippen LogP contribution < -0.4 is 4.90 Å². The molecule has 1 aromatic heterocycles. The minimum atomic E-state index is 0.798. The summed E-state index contributed by atoms with van der Waals surface area (Å²) in [6.07, 6.45) is 4.01. The average molecular weight is 289 g/mol. The van der Waals surface area contributed by atoms with Gasteiger partial charge in [0.15, 0.2) is 6.67 Å². The van der Waals surface area contributed by atoms with Gasteiger partial charge >= 0.3 is 0 Å². The molecule has 1 saturated heterocycles. The van der Waals surface area contributed by atoms with E-state index in [0.29, 0.717) is 0 Å². The Bertz CT molecular complexity index is 623. The Balaban J connectivity index is 1.89. The zero-order chi connectivity index (χ0) is 13.9. The number of aromatic nitrogens is 3. The predicted molar refractivity (Wildman–Crippen MR) is 81.7 cm³/mol.